The second-order valence-corrected chi connectivity index (χ2v) is 6.49. The highest BCUT2D eigenvalue weighted by Gasteiger charge is 2.22. The Bertz CT molecular complexity index is 553. The van der Waals surface area contributed by atoms with Crippen LogP contribution in [0, 0.1) is 0 Å². The second-order valence-electron chi connectivity index (χ2n) is 4.75. The highest BCUT2D eigenvalue weighted by Crippen LogP contribution is 2.25. The number of benzene rings is 1. The number of rotatable bonds is 5. The van der Waals surface area contributed by atoms with Crippen LogP contribution in [0.3, 0.4) is 0 Å². The highest BCUT2D eigenvalue weighted by molar-refractivity contribution is 7.89. The number of nitrogen functional groups attached to an aromatic ring is 1. The maximum absolute atomic E-state index is 12.3. The Balaban J connectivity index is 2.11. The summed E-state index contributed by atoms with van der Waals surface area (Å²) in [5.74, 6) is 0.274. The molecule has 1 aromatic rings. The van der Waals surface area contributed by atoms with Crippen molar-refractivity contribution in [3.05, 3.63) is 18.2 Å². The van der Waals surface area contributed by atoms with Gasteiger partial charge in [-0.2, -0.15) is 0 Å². The van der Waals surface area contributed by atoms with Crippen LogP contribution in [0.1, 0.15) is 19.3 Å². The molecule has 0 aromatic heterocycles. The van der Waals surface area contributed by atoms with E-state index in [9.17, 15) is 8.42 Å². The van der Waals surface area contributed by atoms with Crippen molar-refractivity contribution < 1.29 is 17.9 Å². The third-order valence-corrected chi connectivity index (χ3v) is 4.70. The molecule has 0 radical (unpaired) electrons. The molecule has 1 unspecified atom stereocenters. The summed E-state index contributed by atoms with van der Waals surface area (Å²) in [6, 6.07) is 4.53. The van der Waals surface area contributed by atoms with Gasteiger partial charge in [-0.05, 0) is 37.5 Å². The van der Waals surface area contributed by atoms with Gasteiger partial charge in [-0.25, -0.2) is 13.1 Å². The lowest BCUT2D eigenvalue weighted by atomic mass is 10.1. The SMILES string of the molecule is COc1ccc(N)cc1S(=O)(=O)NCC1CCCCO1. The molecule has 0 bridgehead atoms. The standard InChI is InChI=1S/C13H20N2O4S/c1-18-12-6-5-10(14)8-13(12)20(16,17)15-9-11-4-2-3-7-19-11/h5-6,8,11,15H,2-4,7,9,14H2,1H3. The third-order valence-electron chi connectivity index (χ3n) is 3.25. The fourth-order valence-corrected chi connectivity index (χ4v) is 3.42. The largest absolute Gasteiger partial charge is 0.495 e. The Kier molecular flexibility index (Phi) is 4.85. The maximum atomic E-state index is 12.3. The molecule has 112 valence electrons. The number of nitrogens with two attached hydrogens (primary N) is 1. The minimum Gasteiger partial charge on any atom is -0.495 e. The van der Waals surface area contributed by atoms with Crippen LogP contribution in [0.2, 0.25) is 0 Å². The van der Waals surface area contributed by atoms with Crippen LogP contribution in [0.4, 0.5) is 5.69 Å². The number of ether oxygens (including phenoxy) is 2. The summed E-state index contributed by atoms with van der Waals surface area (Å²) in [7, 11) is -2.23. The van der Waals surface area contributed by atoms with E-state index in [-0.39, 0.29) is 23.3 Å². The van der Waals surface area contributed by atoms with Crippen molar-refractivity contribution in [1.29, 1.82) is 0 Å². The first kappa shape index (κ1) is 15.1. The van der Waals surface area contributed by atoms with Gasteiger partial charge in [0, 0.05) is 18.8 Å². The molecule has 6 nitrogen and oxygen atoms in total. The van der Waals surface area contributed by atoms with Crippen molar-refractivity contribution in [3.8, 4) is 5.75 Å². The summed E-state index contributed by atoms with van der Waals surface area (Å²) < 4.78 is 37.7. The molecule has 0 aliphatic carbocycles. The lowest BCUT2D eigenvalue weighted by Crippen LogP contribution is -2.35. The quantitative estimate of drug-likeness (QED) is 0.795. The molecular formula is C13H20N2O4S. The number of methoxy groups -OCH3 is 1. The number of anilines is 1. The number of hydrogen-bond acceptors (Lipinski definition) is 5. The van der Waals surface area contributed by atoms with E-state index in [1.807, 2.05) is 0 Å². The van der Waals surface area contributed by atoms with Gasteiger partial charge < -0.3 is 15.2 Å². The molecule has 0 saturated carbocycles. The first-order chi connectivity index (χ1) is 9.53. The normalized spacial score (nSPS) is 19.8. The molecule has 0 amide bonds. The van der Waals surface area contributed by atoms with Gasteiger partial charge >= 0.3 is 0 Å². The number of hydrogen-bond donors (Lipinski definition) is 2. The van der Waals surface area contributed by atoms with Gasteiger partial charge in [-0.1, -0.05) is 0 Å². The third kappa shape index (κ3) is 3.62. The van der Waals surface area contributed by atoms with Crippen LogP contribution in [0.15, 0.2) is 23.1 Å². The van der Waals surface area contributed by atoms with Gasteiger partial charge in [-0.15, -0.1) is 0 Å². The first-order valence-corrected chi connectivity index (χ1v) is 8.06. The van der Waals surface area contributed by atoms with Crippen molar-refractivity contribution in [2.75, 3.05) is 26.0 Å². The summed E-state index contributed by atoms with van der Waals surface area (Å²) in [4.78, 5) is 0.0517. The van der Waals surface area contributed by atoms with Crippen molar-refractivity contribution in [2.45, 2.75) is 30.3 Å². The van der Waals surface area contributed by atoms with Crippen molar-refractivity contribution in [2.24, 2.45) is 0 Å². The molecule has 7 heteroatoms. The van der Waals surface area contributed by atoms with Crippen LogP contribution < -0.4 is 15.2 Å². The summed E-state index contributed by atoms with van der Waals surface area (Å²) in [6.07, 6.45) is 2.90. The topological polar surface area (TPSA) is 90.7 Å². The van der Waals surface area contributed by atoms with Gasteiger partial charge in [0.05, 0.1) is 13.2 Å². The lowest BCUT2D eigenvalue weighted by Gasteiger charge is -2.22. The fourth-order valence-electron chi connectivity index (χ4n) is 2.15. The highest BCUT2D eigenvalue weighted by atomic mass is 32.2. The summed E-state index contributed by atoms with van der Waals surface area (Å²) in [5.41, 5.74) is 6.02. The zero-order chi connectivity index (χ0) is 14.6. The van der Waals surface area contributed by atoms with E-state index < -0.39 is 10.0 Å². The average Bonchev–Trinajstić information content (AvgIpc) is 2.46. The predicted molar refractivity (Wildman–Crippen MR) is 76.2 cm³/mol. The van der Waals surface area contributed by atoms with E-state index in [2.05, 4.69) is 4.72 Å². The molecule has 20 heavy (non-hydrogen) atoms. The van der Waals surface area contributed by atoms with Crippen LogP contribution >= 0.6 is 0 Å². The van der Waals surface area contributed by atoms with E-state index in [1.54, 1.807) is 12.1 Å². The van der Waals surface area contributed by atoms with Crippen molar-refractivity contribution >= 4 is 15.7 Å². The van der Waals surface area contributed by atoms with Crippen molar-refractivity contribution in [3.63, 3.8) is 0 Å². The molecule has 1 heterocycles. The molecular weight excluding hydrogens is 280 g/mol. The molecule has 1 aliphatic heterocycles. The van der Waals surface area contributed by atoms with E-state index >= 15 is 0 Å². The molecule has 1 saturated heterocycles. The minimum atomic E-state index is -3.66. The Labute approximate surface area is 119 Å². The van der Waals surface area contributed by atoms with Crippen LogP contribution in [0.5, 0.6) is 5.75 Å². The van der Waals surface area contributed by atoms with E-state index in [0.717, 1.165) is 19.3 Å². The fraction of sp³-hybridized carbons (Fsp3) is 0.538. The second kappa shape index (κ2) is 6.43. The van der Waals surface area contributed by atoms with E-state index in [4.69, 9.17) is 15.2 Å². The lowest BCUT2D eigenvalue weighted by molar-refractivity contribution is 0.0200. The first-order valence-electron chi connectivity index (χ1n) is 6.58. The van der Waals surface area contributed by atoms with Crippen LogP contribution in [-0.4, -0.2) is 34.8 Å². The molecule has 3 N–H and O–H groups in total. The van der Waals surface area contributed by atoms with Crippen molar-refractivity contribution in [1.82, 2.24) is 4.72 Å². The molecule has 1 aliphatic rings. The average molecular weight is 300 g/mol. The Morgan fingerprint density at radius 1 is 1.45 bits per heavy atom. The van der Waals surface area contributed by atoms with Gasteiger partial charge in [0.25, 0.3) is 0 Å². The Morgan fingerprint density at radius 2 is 2.25 bits per heavy atom. The molecule has 0 spiro atoms. The van der Waals surface area contributed by atoms with Gasteiger partial charge in [0.1, 0.15) is 10.6 Å². The zero-order valence-corrected chi connectivity index (χ0v) is 12.3. The molecule has 1 atom stereocenters. The van der Waals surface area contributed by atoms with E-state index in [1.165, 1.54) is 13.2 Å². The smallest absolute Gasteiger partial charge is 0.244 e. The van der Waals surface area contributed by atoms with Crippen LogP contribution in [-0.2, 0) is 14.8 Å². The Morgan fingerprint density at radius 3 is 2.90 bits per heavy atom. The van der Waals surface area contributed by atoms with Crippen LogP contribution in [0.25, 0.3) is 0 Å². The van der Waals surface area contributed by atoms with Gasteiger partial charge in [-0.3, -0.25) is 0 Å². The summed E-state index contributed by atoms with van der Waals surface area (Å²) in [6.45, 7) is 0.953. The molecule has 1 aromatic carbocycles. The molecule has 1 fully saturated rings. The molecule has 2 rings (SSSR count). The minimum absolute atomic E-state index is 0.0517. The summed E-state index contributed by atoms with van der Waals surface area (Å²) >= 11 is 0. The maximum Gasteiger partial charge on any atom is 0.244 e. The Hall–Kier alpha value is -1.31. The predicted octanol–water partition coefficient (Wildman–Crippen LogP) is 1.12. The number of nitrogens with one attached hydrogen (secondary N) is 1. The summed E-state index contributed by atoms with van der Waals surface area (Å²) in [5, 5.41) is 0. The monoisotopic (exact) mass is 300 g/mol. The van der Waals surface area contributed by atoms with Gasteiger partial charge in [0.2, 0.25) is 10.0 Å². The number of sulfonamides is 1. The van der Waals surface area contributed by atoms with Gasteiger partial charge in [0.15, 0.2) is 0 Å². The van der Waals surface area contributed by atoms with E-state index in [0.29, 0.717) is 12.3 Å². The zero-order valence-electron chi connectivity index (χ0n) is 11.5.